The number of alkyl halides is 3. The molecule has 0 unspecified atom stereocenters. The first-order valence-corrected chi connectivity index (χ1v) is 7.34. The summed E-state index contributed by atoms with van der Waals surface area (Å²) in [6.45, 7) is 0. The van der Waals surface area contributed by atoms with E-state index in [4.69, 9.17) is 0 Å². The smallest absolute Gasteiger partial charge is 0.292 e. The van der Waals surface area contributed by atoms with Crippen LogP contribution in [0.4, 0.5) is 27.8 Å². The molecular formula is C12H8F5N3O2S. The van der Waals surface area contributed by atoms with E-state index in [1.165, 1.54) is 0 Å². The van der Waals surface area contributed by atoms with Crippen LogP contribution in [0.5, 0.6) is 0 Å². The molecule has 0 aliphatic heterocycles. The van der Waals surface area contributed by atoms with E-state index in [1.807, 2.05) is 5.43 Å². The van der Waals surface area contributed by atoms with Crippen molar-refractivity contribution in [1.82, 2.24) is 9.82 Å². The van der Waals surface area contributed by atoms with Crippen LogP contribution in [0.2, 0.25) is 0 Å². The second-order valence-corrected chi connectivity index (χ2v) is 5.83. The van der Waals surface area contributed by atoms with Gasteiger partial charge in [0, 0.05) is 6.20 Å². The number of hydrazine groups is 1. The molecule has 0 radical (unpaired) electrons. The average Bonchev–Trinajstić information content (AvgIpc) is 2.44. The summed E-state index contributed by atoms with van der Waals surface area (Å²) in [4.78, 5) is 3.75. The monoisotopic (exact) mass is 353 g/mol. The lowest BCUT2D eigenvalue weighted by Gasteiger charge is -2.11. The Kier molecular flexibility index (Phi) is 4.52. The van der Waals surface area contributed by atoms with Gasteiger partial charge in [0.05, 0.1) is 5.56 Å². The lowest BCUT2D eigenvalue weighted by Crippen LogP contribution is -2.31. The lowest BCUT2D eigenvalue weighted by molar-refractivity contribution is -0.137. The second-order valence-electron chi connectivity index (χ2n) is 4.21. The Balaban J connectivity index is 2.17. The first-order chi connectivity index (χ1) is 10.6. The molecule has 5 nitrogen and oxygen atoms in total. The summed E-state index contributed by atoms with van der Waals surface area (Å²) in [5.74, 6) is -2.93. The van der Waals surface area contributed by atoms with Gasteiger partial charge in [0.15, 0.2) is 4.90 Å². The number of benzene rings is 1. The Hall–Kier alpha value is -2.27. The van der Waals surface area contributed by atoms with Crippen LogP contribution in [0.1, 0.15) is 5.56 Å². The summed E-state index contributed by atoms with van der Waals surface area (Å²) in [6, 6.07) is 3.98. The molecule has 0 saturated heterocycles. The summed E-state index contributed by atoms with van der Waals surface area (Å²) >= 11 is 0. The topological polar surface area (TPSA) is 71.1 Å². The molecular weight excluding hydrogens is 345 g/mol. The number of nitrogens with zero attached hydrogens (tertiary/aromatic N) is 1. The van der Waals surface area contributed by atoms with Gasteiger partial charge in [-0.15, -0.1) is 4.83 Å². The zero-order valence-electron chi connectivity index (χ0n) is 11.0. The standard InChI is InChI=1S/C12H8F5N3O2S/c13-8-2-1-3-9(14)11(8)23(21,22)20-19-10-5-4-7(6-18-10)12(15,16)17/h1-6,20H,(H,18,19). The molecule has 0 fully saturated rings. The first kappa shape index (κ1) is 17.1. The third-order valence-corrected chi connectivity index (χ3v) is 3.89. The van der Waals surface area contributed by atoms with E-state index in [9.17, 15) is 30.4 Å². The number of halogens is 5. The van der Waals surface area contributed by atoms with Crippen molar-refractivity contribution in [2.75, 3.05) is 5.43 Å². The van der Waals surface area contributed by atoms with Crippen molar-refractivity contribution in [1.29, 1.82) is 0 Å². The Bertz CT molecular complexity index is 786. The van der Waals surface area contributed by atoms with Crippen LogP contribution in [0.15, 0.2) is 41.4 Å². The normalized spacial score (nSPS) is 12.2. The highest BCUT2D eigenvalue weighted by molar-refractivity contribution is 7.89. The number of anilines is 1. The van der Waals surface area contributed by atoms with E-state index in [1.54, 1.807) is 4.83 Å². The summed E-state index contributed by atoms with van der Waals surface area (Å²) < 4.78 is 87.5. The largest absolute Gasteiger partial charge is 0.417 e. The van der Waals surface area contributed by atoms with Crippen molar-refractivity contribution in [2.24, 2.45) is 0 Å². The van der Waals surface area contributed by atoms with Crippen LogP contribution >= 0.6 is 0 Å². The Morgan fingerprint density at radius 3 is 2.09 bits per heavy atom. The maximum atomic E-state index is 13.4. The maximum absolute atomic E-state index is 13.4. The quantitative estimate of drug-likeness (QED) is 0.655. The van der Waals surface area contributed by atoms with E-state index < -0.39 is 38.3 Å². The molecule has 0 atom stereocenters. The molecule has 0 aliphatic carbocycles. The van der Waals surface area contributed by atoms with E-state index in [-0.39, 0.29) is 5.82 Å². The number of sulfonamides is 1. The Labute approximate surface area is 127 Å². The number of aromatic nitrogens is 1. The van der Waals surface area contributed by atoms with Crippen molar-refractivity contribution in [3.05, 3.63) is 53.7 Å². The zero-order chi connectivity index (χ0) is 17.3. The molecule has 1 heterocycles. The minimum absolute atomic E-state index is 0.293. The van der Waals surface area contributed by atoms with Gasteiger partial charge in [0.2, 0.25) is 0 Å². The predicted molar refractivity (Wildman–Crippen MR) is 69.5 cm³/mol. The van der Waals surface area contributed by atoms with Crippen molar-refractivity contribution in [3.63, 3.8) is 0 Å². The highest BCUT2D eigenvalue weighted by Gasteiger charge is 2.30. The molecule has 2 N–H and O–H groups in total. The first-order valence-electron chi connectivity index (χ1n) is 5.86. The summed E-state index contributed by atoms with van der Waals surface area (Å²) in [5.41, 5.74) is 0.931. The summed E-state index contributed by atoms with van der Waals surface area (Å²) in [7, 11) is -4.63. The van der Waals surface area contributed by atoms with Crippen LogP contribution in [0, 0.1) is 11.6 Å². The summed E-state index contributed by atoms with van der Waals surface area (Å²) in [6.07, 6.45) is -4.12. The minimum Gasteiger partial charge on any atom is -0.292 e. The molecule has 0 aliphatic rings. The molecule has 1 aromatic carbocycles. The third-order valence-electron chi connectivity index (χ3n) is 2.59. The molecule has 0 spiro atoms. The van der Waals surface area contributed by atoms with E-state index in [0.29, 0.717) is 12.3 Å². The summed E-state index contributed by atoms with van der Waals surface area (Å²) in [5, 5.41) is 0. The number of pyridine rings is 1. The molecule has 0 saturated carbocycles. The molecule has 2 aromatic rings. The Morgan fingerprint density at radius 1 is 1.00 bits per heavy atom. The van der Waals surface area contributed by atoms with Crippen LogP contribution in [0.3, 0.4) is 0 Å². The highest BCUT2D eigenvalue weighted by Crippen LogP contribution is 2.28. The fourth-order valence-electron chi connectivity index (χ4n) is 1.55. The van der Waals surface area contributed by atoms with E-state index in [2.05, 4.69) is 4.98 Å². The van der Waals surface area contributed by atoms with Crippen molar-refractivity contribution in [3.8, 4) is 0 Å². The zero-order valence-corrected chi connectivity index (χ0v) is 11.8. The second kappa shape index (κ2) is 6.08. The van der Waals surface area contributed by atoms with Crippen LogP contribution in [-0.4, -0.2) is 13.4 Å². The molecule has 0 bridgehead atoms. The fourth-order valence-corrected chi connectivity index (χ4v) is 2.54. The molecule has 124 valence electrons. The van der Waals surface area contributed by atoms with Gasteiger partial charge in [-0.3, -0.25) is 5.43 Å². The van der Waals surface area contributed by atoms with Gasteiger partial charge in [0.25, 0.3) is 10.0 Å². The molecule has 11 heteroatoms. The van der Waals surface area contributed by atoms with Crippen molar-refractivity contribution < 1.29 is 30.4 Å². The van der Waals surface area contributed by atoms with Gasteiger partial charge in [-0.1, -0.05) is 6.07 Å². The lowest BCUT2D eigenvalue weighted by atomic mass is 10.3. The molecule has 23 heavy (non-hydrogen) atoms. The molecule has 0 amide bonds. The molecule has 2 rings (SSSR count). The van der Waals surface area contributed by atoms with Crippen LogP contribution in [-0.2, 0) is 16.2 Å². The average molecular weight is 353 g/mol. The number of hydrogen-bond acceptors (Lipinski definition) is 4. The third kappa shape index (κ3) is 3.93. The van der Waals surface area contributed by atoms with Crippen molar-refractivity contribution in [2.45, 2.75) is 11.1 Å². The maximum Gasteiger partial charge on any atom is 0.417 e. The van der Waals surface area contributed by atoms with Gasteiger partial charge in [0.1, 0.15) is 17.5 Å². The number of rotatable bonds is 4. The predicted octanol–water partition coefficient (Wildman–Crippen LogP) is 2.68. The highest BCUT2D eigenvalue weighted by atomic mass is 32.2. The van der Waals surface area contributed by atoms with Gasteiger partial charge in [-0.2, -0.15) is 13.2 Å². The fraction of sp³-hybridized carbons (Fsp3) is 0.0833. The Morgan fingerprint density at radius 2 is 1.61 bits per heavy atom. The van der Waals surface area contributed by atoms with E-state index >= 15 is 0 Å². The van der Waals surface area contributed by atoms with Crippen LogP contribution < -0.4 is 10.3 Å². The number of nitrogens with one attached hydrogen (secondary N) is 2. The van der Waals surface area contributed by atoms with E-state index in [0.717, 1.165) is 24.3 Å². The van der Waals surface area contributed by atoms with Gasteiger partial charge in [-0.05, 0) is 24.3 Å². The minimum atomic E-state index is -4.63. The van der Waals surface area contributed by atoms with Gasteiger partial charge >= 0.3 is 6.18 Å². The van der Waals surface area contributed by atoms with Crippen LogP contribution in [0.25, 0.3) is 0 Å². The van der Waals surface area contributed by atoms with Gasteiger partial charge < -0.3 is 0 Å². The van der Waals surface area contributed by atoms with Gasteiger partial charge in [-0.25, -0.2) is 22.2 Å². The van der Waals surface area contributed by atoms with Crippen molar-refractivity contribution >= 4 is 15.8 Å². The molecule has 1 aromatic heterocycles. The SMILES string of the molecule is O=S(=O)(NNc1ccc(C(F)(F)F)cn1)c1c(F)cccc1F. The number of hydrogen-bond donors (Lipinski definition) is 2.